The molecule has 0 fully saturated rings. The second-order valence-electron chi connectivity index (χ2n) is 4.06. The van der Waals surface area contributed by atoms with E-state index in [-0.39, 0.29) is 0 Å². The lowest BCUT2D eigenvalue weighted by Gasteiger charge is -2.06. The molecule has 3 rings (SSSR count). The van der Waals surface area contributed by atoms with E-state index in [1.807, 2.05) is 24.3 Å². The van der Waals surface area contributed by atoms with Crippen LogP contribution in [0.5, 0.6) is 0 Å². The van der Waals surface area contributed by atoms with Crippen molar-refractivity contribution in [2.24, 2.45) is 10.7 Å². The van der Waals surface area contributed by atoms with Crippen LogP contribution < -0.4 is 5.73 Å². The number of aliphatic imine (C=N–C) groups is 1. The monoisotopic (exact) mass is 288 g/mol. The zero-order valence-corrected chi connectivity index (χ0v) is 11.3. The molecule has 3 nitrogen and oxygen atoms in total. The predicted molar refractivity (Wildman–Crippen MR) is 77.8 cm³/mol. The fraction of sp³-hybridized carbons (Fsp3) is 0. The Hall–Kier alpha value is -1.78. The van der Waals surface area contributed by atoms with Gasteiger partial charge >= 0.3 is 0 Å². The summed E-state index contributed by atoms with van der Waals surface area (Å²) in [6, 6.07) is 11.0. The lowest BCUT2D eigenvalue weighted by atomic mass is 10.2. The van der Waals surface area contributed by atoms with Crippen molar-refractivity contribution in [3.05, 3.63) is 52.5 Å². The Morgan fingerprint density at radius 1 is 1.21 bits per heavy atom. The number of fused-ring (bicyclic) bond motifs is 2. The van der Waals surface area contributed by atoms with Gasteiger partial charge in [0.1, 0.15) is 0 Å². The summed E-state index contributed by atoms with van der Waals surface area (Å²) in [4.78, 5) is 17.6. The molecule has 19 heavy (non-hydrogen) atoms. The van der Waals surface area contributed by atoms with Crippen molar-refractivity contribution < 1.29 is 4.79 Å². The van der Waals surface area contributed by atoms with E-state index in [0.717, 1.165) is 21.0 Å². The van der Waals surface area contributed by atoms with Gasteiger partial charge < -0.3 is 5.73 Å². The summed E-state index contributed by atoms with van der Waals surface area (Å²) < 4.78 is 0. The fourth-order valence-electron chi connectivity index (χ4n) is 1.84. The van der Waals surface area contributed by atoms with Crippen LogP contribution in [0.25, 0.3) is 0 Å². The van der Waals surface area contributed by atoms with Crippen LogP contribution in [0.3, 0.4) is 0 Å². The zero-order chi connectivity index (χ0) is 13.4. The first kappa shape index (κ1) is 12.3. The zero-order valence-electron chi connectivity index (χ0n) is 9.76. The Balaban J connectivity index is 2.14. The molecule has 0 saturated heterocycles. The number of rotatable bonds is 1. The van der Waals surface area contributed by atoms with Gasteiger partial charge in [-0.25, -0.2) is 0 Å². The Morgan fingerprint density at radius 2 is 2.05 bits per heavy atom. The summed E-state index contributed by atoms with van der Waals surface area (Å²) >= 11 is 7.74. The third kappa shape index (κ3) is 2.25. The van der Waals surface area contributed by atoms with Gasteiger partial charge in [-0.05, 0) is 30.3 Å². The van der Waals surface area contributed by atoms with E-state index in [9.17, 15) is 4.79 Å². The van der Waals surface area contributed by atoms with Crippen LogP contribution in [0.4, 0.5) is 5.69 Å². The molecule has 0 radical (unpaired) electrons. The van der Waals surface area contributed by atoms with E-state index in [1.54, 1.807) is 30.1 Å². The largest absolute Gasteiger partial charge is 0.366 e. The molecule has 0 spiro atoms. The molecule has 1 aliphatic rings. The van der Waals surface area contributed by atoms with E-state index in [2.05, 4.69) is 4.99 Å². The maximum absolute atomic E-state index is 11.2. The molecule has 0 atom stereocenters. The Morgan fingerprint density at radius 3 is 2.84 bits per heavy atom. The highest BCUT2D eigenvalue weighted by Crippen LogP contribution is 2.40. The van der Waals surface area contributed by atoms with Crippen molar-refractivity contribution in [2.45, 2.75) is 9.79 Å². The number of amides is 1. The van der Waals surface area contributed by atoms with Crippen molar-refractivity contribution >= 4 is 41.2 Å². The highest BCUT2D eigenvalue weighted by Gasteiger charge is 2.14. The van der Waals surface area contributed by atoms with Crippen LogP contribution in [0.2, 0.25) is 5.02 Å². The summed E-state index contributed by atoms with van der Waals surface area (Å²) in [6.45, 7) is 0. The molecular formula is C14H9ClN2OS. The molecule has 94 valence electrons. The van der Waals surface area contributed by atoms with Crippen LogP contribution in [0, 0.1) is 0 Å². The minimum atomic E-state index is -0.456. The standard InChI is InChI=1S/C14H9ClN2OS/c15-10-2-1-3-12-9(10)7-17-11-6-8(14(16)18)4-5-13(11)19-12/h1-7H,(H2,16,18). The minimum Gasteiger partial charge on any atom is -0.366 e. The van der Waals surface area contributed by atoms with Crippen molar-refractivity contribution in [3.63, 3.8) is 0 Å². The summed E-state index contributed by atoms with van der Waals surface area (Å²) in [5.74, 6) is -0.456. The van der Waals surface area contributed by atoms with Gasteiger partial charge in [0.25, 0.3) is 0 Å². The summed E-state index contributed by atoms with van der Waals surface area (Å²) in [7, 11) is 0. The van der Waals surface area contributed by atoms with Crippen molar-refractivity contribution in [2.75, 3.05) is 0 Å². The van der Waals surface area contributed by atoms with Crippen LogP contribution in [0.1, 0.15) is 15.9 Å². The number of halogens is 1. The van der Waals surface area contributed by atoms with Gasteiger partial charge in [-0.3, -0.25) is 9.79 Å². The van der Waals surface area contributed by atoms with Gasteiger partial charge in [0.05, 0.1) is 10.7 Å². The van der Waals surface area contributed by atoms with Gasteiger partial charge in [0.15, 0.2) is 0 Å². The van der Waals surface area contributed by atoms with Crippen LogP contribution in [0.15, 0.2) is 51.2 Å². The van der Waals surface area contributed by atoms with Gasteiger partial charge in [-0.1, -0.05) is 29.4 Å². The first-order valence-corrected chi connectivity index (χ1v) is 6.79. The van der Waals surface area contributed by atoms with E-state index in [1.165, 1.54) is 0 Å². The number of hydrogen-bond donors (Lipinski definition) is 1. The normalized spacial score (nSPS) is 12.5. The molecule has 0 bridgehead atoms. The van der Waals surface area contributed by atoms with Crippen LogP contribution in [-0.4, -0.2) is 12.1 Å². The van der Waals surface area contributed by atoms with Crippen LogP contribution in [-0.2, 0) is 0 Å². The number of carbonyl (C=O) groups excluding carboxylic acids is 1. The van der Waals surface area contributed by atoms with E-state index >= 15 is 0 Å². The Labute approximate surface area is 119 Å². The molecule has 1 heterocycles. The molecule has 2 aromatic rings. The lowest BCUT2D eigenvalue weighted by molar-refractivity contribution is 0.100. The number of nitrogens with zero attached hydrogens (tertiary/aromatic N) is 1. The quantitative estimate of drug-likeness (QED) is 0.743. The Bertz CT molecular complexity index is 713. The third-order valence-electron chi connectivity index (χ3n) is 2.81. The number of primary amides is 1. The maximum atomic E-state index is 11.2. The fourth-order valence-corrected chi connectivity index (χ4v) is 3.13. The molecule has 2 N–H and O–H groups in total. The molecule has 0 unspecified atom stereocenters. The Kier molecular flexibility index (Phi) is 3.05. The summed E-state index contributed by atoms with van der Waals surface area (Å²) in [5.41, 5.74) is 7.35. The molecule has 2 aromatic carbocycles. The molecular weight excluding hydrogens is 280 g/mol. The van der Waals surface area contributed by atoms with Crippen molar-refractivity contribution in [1.29, 1.82) is 0 Å². The number of benzene rings is 2. The highest BCUT2D eigenvalue weighted by atomic mass is 35.5. The smallest absolute Gasteiger partial charge is 0.248 e. The number of hydrogen-bond acceptors (Lipinski definition) is 3. The van der Waals surface area contributed by atoms with Crippen molar-refractivity contribution in [1.82, 2.24) is 0 Å². The van der Waals surface area contributed by atoms with Crippen LogP contribution >= 0.6 is 23.4 Å². The topological polar surface area (TPSA) is 55.5 Å². The third-order valence-corrected chi connectivity index (χ3v) is 4.28. The van der Waals surface area contributed by atoms with Gasteiger partial charge in [-0.2, -0.15) is 0 Å². The second kappa shape index (κ2) is 4.72. The summed E-state index contributed by atoms with van der Waals surface area (Å²) in [6.07, 6.45) is 1.72. The lowest BCUT2D eigenvalue weighted by Crippen LogP contribution is -2.10. The molecule has 0 aromatic heterocycles. The first-order valence-electron chi connectivity index (χ1n) is 5.59. The maximum Gasteiger partial charge on any atom is 0.248 e. The molecule has 0 aliphatic carbocycles. The van der Waals surface area contributed by atoms with Gasteiger partial charge in [-0.15, -0.1) is 0 Å². The summed E-state index contributed by atoms with van der Waals surface area (Å²) in [5, 5.41) is 0.664. The average molecular weight is 289 g/mol. The SMILES string of the molecule is NC(=O)c1ccc2c(c1)N=Cc1c(Cl)cccc1S2. The molecule has 5 heteroatoms. The first-order chi connectivity index (χ1) is 9.15. The van der Waals surface area contributed by atoms with Gasteiger partial charge in [0, 0.05) is 27.1 Å². The highest BCUT2D eigenvalue weighted by molar-refractivity contribution is 7.99. The number of carbonyl (C=O) groups is 1. The number of nitrogens with two attached hydrogens (primary N) is 1. The van der Waals surface area contributed by atoms with E-state index in [0.29, 0.717) is 10.6 Å². The predicted octanol–water partition coefficient (Wildman–Crippen LogP) is 3.65. The molecule has 1 aliphatic heterocycles. The molecule has 1 amide bonds. The van der Waals surface area contributed by atoms with Gasteiger partial charge in [0.2, 0.25) is 5.91 Å². The average Bonchev–Trinajstić information content (AvgIpc) is 2.57. The minimum absolute atomic E-state index is 0.452. The second-order valence-corrected chi connectivity index (χ2v) is 5.55. The van der Waals surface area contributed by atoms with Crippen molar-refractivity contribution in [3.8, 4) is 0 Å². The van der Waals surface area contributed by atoms with E-state index < -0.39 is 5.91 Å². The molecule has 0 saturated carbocycles. The van der Waals surface area contributed by atoms with E-state index in [4.69, 9.17) is 17.3 Å².